The molecule has 1 fully saturated rings. The van der Waals surface area contributed by atoms with Gasteiger partial charge in [0.15, 0.2) is 0 Å². The number of nitrogens with two attached hydrogens (primary N) is 1. The number of amides is 2. The summed E-state index contributed by atoms with van der Waals surface area (Å²) in [7, 11) is 0. The molecule has 17 heavy (non-hydrogen) atoms. The maximum absolute atomic E-state index is 11.8. The summed E-state index contributed by atoms with van der Waals surface area (Å²) in [6.45, 7) is 4.58. The number of nitrogens with one attached hydrogen (secondary N) is 1. The van der Waals surface area contributed by atoms with E-state index in [4.69, 9.17) is 5.73 Å². The van der Waals surface area contributed by atoms with Crippen LogP contribution in [0.25, 0.3) is 0 Å². The number of hydrogen-bond acceptors (Lipinski definition) is 5. The van der Waals surface area contributed by atoms with E-state index in [0.717, 1.165) is 24.3 Å². The fourth-order valence-corrected chi connectivity index (χ4v) is 2.03. The molecule has 1 aliphatic rings. The lowest BCUT2D eigenvalue weighted by Gasteiger charge is -2.31. The normalized spacial score (nSPS) is 27.5. The third-order valence-corrected chi connectivity index (χ3v) is 3.19. The molecule has 0 saturated carbocycles. The summed E-state index contributed by atoms with van der Waals surface area (Å²) in [5.74, 6) is -0.537. The van der Waals surface area contributed by atoms with Gasteiger partial charge in [-0.2, -0.15) is 0 Å². The summed E-state index contributed by atoms with van der Waals surface area (Å²) in [5.41, 5.74) is 5.29. The van der Waals surface area contributed by atoms with Crippen molar-refractivity contribution in [2.45, 2.75) is 44.4 Å². The Morgan fingerprint density at radius 2 is 2.35 bits per heavy atom. The summed E-state index contributed by atoms with van der Waals surface area (Å²) >= 11 is 0. The van der Waals surface area contributed by atoms with E-state index in [2.05, 4.69) is 5.32 Å². The summed E-state index contributed by atoms with van der Waals surface area (Å²) in [6, 6.07) is -1.05. The molecule has 0 radical (unpaired) electrons. The SMILES string of the molecule is CC(O)C(N)C(=O)N(C=O)C[C@]1(C)CCCN1. The van der Waals surface area contributed by atoms with Crippen molar-refractivity contribution in [3.05, 3.63) is 0 Å². The van der Waals surface area contributed by atoms with Crippen molar-refractivity contribution in [2.24, 2.45) is 5.73 Å². The number of hydrogen-bond donors (Lipinski definition) is 3. The van der Waals surface area contributed by atoms with Crippen LogP contribution in [-0.4, -0.2) is 53.1 Å². The molecule has 98 valence electrons. The maximum atomic E-state index is 11.8. The number of rotatable bonds is 5. The Morgan fingerprint density at radius 3 is 2.76 bits per heavy atom. The second-order valence-corrected chi connectivity index (χ2v) is 4.93. The highest BCUT2D eigenvalue weighted by Gasteiger charge is 2.34. The van der Waals surface area contributed by atoms with E-state index in [9.17, 15) is 14.7 Å². The second-order valence-electron chi connectivity index (χ2n) is 4.93. The smallest absolute Gasteiger partial charge is 0.248 e. The van der Waals surface area contributed by atoms with Crippen molar-refractivity contribution in [1.82, 2.24) is 10.2 Å². The molecular weight excluding hydrogens is 222 g/mol. The molecule has 0 aromatic carbocycles. The van der Waals surface area contributed by atoms with Crippen LogP contribution in [0.2, 0.25) is 0 Å². The molecule has 1 aliphatic heterocycles. The van der Waals surface area contributed by atoms with Gasteiger partial charge in [-0.05, 0) is 33.2 Å². The molecule has 1 rings (SSSR count). The minimum Gasteiger partial charge on any atom is -0.391 e. The third kappa shape index (κ3) is 3.49. The molecule has 1 heterocycles. The number of carbonyl (C=O) groups is 2. The first-order valence-corrected chi connectivity index (χ1v) is 5.84. The summed E-state index contributed by atoms with van der Waals surface area (Å²) in [6.07, 6.45) is 1.46. The second kappa shape index (κ2) is 5.57. The van der Waals surface area contributed by atoms with Gasteiger partial charge in [-0.15, -0.1) is 0 Å². The van der Waals surface area contributed by atoms with E-state index in [1.807, 2.05) is 6.92 Å². The fourth-order valence-electron chi connectivity index (χ4n) is 2.03. The number of aliphatic hydroxyl groups is 1. The predicted molar refractivity (Wildman–Crippen MR) is 63.1 cm³/mol. The van der Waals surface area contributed by atoms with Gasteiger partial charge in [0.05, 0.1) is 6.10 Å². The minimum absolute atomic E-state index is 0.241. The highest BCUT2D eigenvalue weighted by Crippen LogP contribution is 2.19. The standard InChI is InChI=1S/C11H21N3O3/c1-8(16)9(12)10(17)14(7-15)6-11(2)4-3-5-13-11/h7-9,13,16H,3-6,12H2,1-2H3/t8?,9?,11-/m0/s1. The molecule has 0 aliphatic carbocycles. The Morgan fingerprint density at radius 1 is 1.71 bits per heavy atom. The van der Waals surface area contributed by atoms with Gasteiger partial charge in [0.2, 0.25) is 12.3 Å². The lowest BCUT2D eigenvalue weighted by Crippen LogP contribution is -2.54. The van der Waals surface area contributed by atoms with Crippen LogP contribution in [0.4, 0.5) is 0 Å². The van der Waals surface area contributed by atoms with Crippen LogP contribution in [-0.2, 0) is 9.59 Å². The van der Waals surface area contributed by atoms with Crippen molar-refractivity contribution < 1.29 is 14.7 Å². The number of nitrogens with zero attached hydrogens (tertiary/aromatic N) is 1. The average Bonchev–Trinajstić information content (AvgIpc) is 2.71. The molecule has 2 unspecified atom stereocenters. The molecule has 0 aromatic heterocycles. The van der Waals surface area contributed by atoms with E-state index < -0.39 is 18.1 Å². The predicted octanol–water partition coefficient (Wildman–Crippen LogP) is -1.18. The van der Waals surface area contributed by atoms with Gasteiger partial charge in [0, 0.05) is 12.1 Å². The van der Waals surface area contributed by atoms with Gasteiger partial charge in [-0.25, -0.2) is 0 Å². The van der Waals surface area contributed by atoms with E-state index in [1.54, 1.807) is 0 Å². The van der Waals surface area contributed by atoms with E-state index >= 15 is 0 Å². The minimum atomic E-state index is -1.05. The van der Waals surface area contributed by atoms with Gasteiger partial charge in [0.25, 0.3) is 0 Å². The Hall–Kier alpha value is -0.980. The Labute approximate surface area is 101 Å². The number of aliphatic hydroxyl groups excluding tert-OH is 1. The number of carbonyl (C=O) groups excluding carboxylic acids is 2. The molecule has 4 N–H and O–H groups in total. The van der Waals surface area contributed by atoms with Crippen LogP contribution in [0.1, 0.15) is 26.7 Å². The summed E-state index contributed by atoms with van der Waals surface area (Å²) in [5, 5.41) is 12.5. The van der Waals surface area contributed by atoms with Crippen molar-refractivity contribution in [2.75, 3.05) is 13.1 Å². The third-order valence-electron chi connectivity index (χ3n) is 3.19. The monoisotopic (exact) mass is 243 g/mol. The van der Waals surface area contributed by atoms with Gasteiger partial charge >= 0.3 is 0 Å². The molecule has 0 bridgehead atoms. The van der Waals surface area contributed by atoms with Gasteiger partial charge in [-0.3, -0.25) is 14.5 Å². The maximum Gasteiger partial charge on any atom is 0.248 e. The quantitative estimate of drug-likeness (QED) is 0.528. The van der Waals surface area contributed by atoms with Crippen molar-refractivity contribution in [3.8, 4) is 0 Å². The zero-order valence-corrected chi connectivity index (χ0v) is 10.3. The fraction of sp³-hybridized carbons (Fsp3) is 0.818. The van der Waals surface area contributed by atoms with Crippen molar-refractivity contribution in [3.63, 3.8) is 0 Å². The molecule has 3 atom stereocenters. The highest BCUT2D eigenvalue weighted by molar-refractivity contribution is 5.90. The van der Waals surface area contributed by atoms with Crippen LogP contribution in [0.5, 0.6) is 0 Å². The topological polar surface area (TPSA) is 95.7 Å². The first-order valence-electron chi connectivity index (χ1n) is 5.84. The summed E-state index contributed by atoms with van der Waals surface area (Å²) in [4.78, 5) is 23.8. The average molecular weight is 243 g/mol. The van der Waals surface area contributed by atoms with E-state index in [0.29, 0.717) is 6.41 Å². The van der Waals surface area contributed by atoms with Crippen LogP contribution >= 0.6 is 0 Å². The molecular formula is C11H21N3O3. The molecule has 1 saturated heterocycles. The van der Waals surface area contributed by atoms with Crippen LogP contribution in [0, 0.1) is 0 Å². The lowest BCUT2D eigenvalue weighted by atomic mass is 9.99. The van der Waals surface area contributed by atoms with Crippen LogP contribution in [0.3, 0.4) is 0 Å². The first kappa shape index (κ1) is 14.1. The van der Waals surface area contributed by atoms with Crippen LogP contribution < -0.4 is 11.1 Å². The lowest BCUT2D eigenvalue weighted by molar-refractivity contribution is -0.141. The van der Waals surface area contributed by atoms with Crippen molar-refractivity contribution in [1.29, 1.82) is 0 Å². The Balaban J connectivity index is 2.65. The molecule has 6 nitrogen and oxygen atoms in total. The Bertz CT molecular complexity index is 288. The van der Waals surface area contributed by atoms with Crippen molar-refractivity contribution >= 4 is 12.3 Å². The van der Waals surface area contributed by atoms with E-state index in [1.165, 1.54) is 6.92 Å². The zero-order chi connectivity index (χ0) is 13.1. The summed E-state index contributed by atoms with van der Waals surface area (Å²) < 4.78 is 0. The molecule has 0 spiro atoms. The van der Waals surface area contributed by atoms with E-state index in [-0.39, 0.29) is 12.1 Å². The molecule has 6 heteroatoms. The van der Waals surface area contributed by atoms with Gasteiger partial charge in [0.1, 0.15) is 6.04 Å². The molecule has 0 aromatic rings. The Kier molecular flexibility index (Phi) is 4.62. The largest absolute Gasteiger partial charge is 0.391 e. The van der Waals surface area contributed by atoms with Crippen LogP contribution in [0.15, 0.2) is 0 Å². The first-order chi connectivity index (χ1) is 7.89. The van der Waals surface area contributed by atoms with Gasteiger partial charge in [-0.1, -0.05) is 0 Å². The highest BCUT2D eigenvalue weighted by atomic mass is 16.3. The zero-order valence-electron chi connectivity index (χ0n) is 10.3. The molecule has 2 amide bonds. The van der Waals surface area contributed by atoms with Gasteiger partial charge < -0.3 is 16.2 Å². The number of imide groups is 1.